The Balaban J connectivity index is 1.83. The number of fused-ring (bicyclic) bond motifs is 5. The number of para-hydroxylation sites is 1. The molecule has 0 unspecified atom stereocenters. The topological polar surface area (TPSA) is 93.1 Å². The van der Waals surface area contributed by atoms with Gasteiger partial charge in [0.05, 0.1) is 42.4 Å². The van der Waals surface area contributed by atoms with Crippen molar-refractivity contribution in [1.82, 2.24) is 0 Å². The van der Waals surface area contributed by atoms with Crippen LogP contribution in [-0.2, 0) is 19.1 Å². The number of benzene rings is 1. The van der Waals surface area contributed by atoms with Crippen molar-refractivity contribution >= 4 is 23.5 Å². The van der Waals surface area contributed by atoms with Gasteiger partial charge in [0.1, 0.15) is 5.60 Å². The SMILES string of the molecule is COC(=O)c1ccccc1N1C(=O)[C@@H]2[C@H](C1=O)[C@@]1(CO)C=C[C@@]2(C)O1. The van der Waals surface area contributed by atoms with E-state index in [1.165, 1.54) is 19.2 Å². The second-order valence-electron chi connectivity index (χ2n) is 6.71. The molecule has 2 saturated heterocycles. The van der Waals surface area contributed by atoms with Crippen molar-refractivity contribution in [3.05, 3.63) is 42.0 Å². The zero-order valence-corrected chi connectivity index (χ0v) is 13.8. The summed E-state index contributed by atoms with van der Waals surface area (Å²) in [6.07, 6.45) is 3.39. The number of aliphatic hydroxyl groups excluding tert-OH is 1. The Bertz CT molecular complexity index is 833. The molecule has 1 aromatic rings. The number of rotatable bonds is 3. The van der Waals surface area contributed by atoms with Crippen molar-refractivity contribution in [3.8, 4) is 0 Å². The van der Waals surface area contributed by atoms with E-state index in [4.69, 9.17) is 9.47 Å². The first-order valence-corrected chi connectivity index (χ1v) is 7.95. The molecule has 7 nitrogen and oxygen atoms in total. The van der Waals surface area contributed by atoms with E-state index in [9.17, 15) is 19.5 Å². The molecule has 1 aromatic carbocycles. The summed E-state index contributed by atoms with van der Waals surface area (Å²) in [5, 5.41) is 9.81. The molecule has 0 spiro atoms. The van der Waals surface area contributed by atoms with Gasteiger partial charge in [0.25, 0.3) is 0 Å². The number of aliphatic hydroxyl groups is 1. The molecule has 2 amide bonds. The van der Waals surface area contributed by atoms with Crippen LogP contribution in [0.25, 0.3) is 0 Å². The van der Waals surface area contributed by atoms with Crippen LogP contribution in [0, 0.1) is 11.8 Å². The average Bonchev–Trinajstić information content (AvgIpc) is 3.20. The smallest absolute Gasteiger partial charge is 0.339 e. The summed E-state index contributed by atoms with van der Waals surface area (Å²) < 4.78 is 10.6. The molecule has 25 heavy (non-hydrogen) atoms. The Morgan fingerprint density at radius 3 is 2.60 bits per heavy atom. The molecule has 130 valence electrons. The first-order valence-electron chi connectivity index (χ1n) is 7.95. The zero-order valence-electron chi connectivity index (χ0n) is 13.8. The third-order valence-electron chi connectivity index (χ3n) is 5.35. The van der Waals surface area contributed by atoms with Gasteiger partial charge in [-0.2, -0.15) is 0 Å². The minimum absolute atomic E-state index is 0.135. The first-order chi connectivity index (χ1) is 11.9. The Kier molecular flexibility index (Phi) is 3.20. The quantitative estimate of drug-likeness (QED) is 0.493. The maximum absolute atomic E-state index is 13.1. The number of anilines is 1. The molecular weight excluding hydrogens is 326 g/mol. The lowest BCUT2D eigenvalue weighted by Crippen LogP contribution is -2.43. The molecule has 4 rings (SSSR count). The van der Waals surface area contributed by atoms with Crippen LogP contribution >= 0.6 is 0 Å². The molecule has 0 saturated carbocycles. The molecule has 4 atom stereocenters. The Labute approximate surface area is 143 Å². The number of carbonyl (C=O) groups is 3. The van der Waals surface area contributed by atoms with Crippen LogP contribution in [0.5, 0.6) is 0 Å². The number of nitrogens with zero attached hydrogens (tertiary/aromatic N) is 1. The monoisotopic (exact) mass is 343 g/mol. The fraction of sp³-hybridized carbons (Fsp3) is 0.389. The highest BCUT2D eigenvalue weighted by Gasteiger charge is 2.72. The molecular formula is C18H17NO6. The minimum Gasteiger partial charge on any atom is -0.465 e. The van der Waals surface area contributed by atoms with Crippen LogP contribution in [0.15, 0.2) is 36.4 Å². The summed E-state index contributed by atoms with van der Waals surface area (Å²) >= 11 is 0. The Morgan fingerprint density at radius 2 is 1.92 bits per heavy atom. The number of hydrogen-bond acceptors (Lipinski definition) is 6. The Morgan fingerprint density at radius 1 is 1.24 bits per heavy atom. The predicted molar refractivity (Wildman–Crippen MR) is 85.7 cm³/mol. The van der Waals surface area contributed by atoms with Crippen molar-refractivity contribution in [3.63, 3.8) is 0 Å². The maximum Gasteiger partial charge on any atom is 0.339 e. The number of imide groups is 1. The number of carbonyl (C=O) groups excluding carboxylic acids is 3. The zero-order chi connectivity index (χ0) is 18.0. The van der Waals surface area contributed by atoms with Crippen molar-refractivity contribution in [2.24, 2.45) is 11.8 Å². The molecule has 1 N–H and O–H groups in total. The summed E-state index contributed by atoms with van der Waals surface area (Å²) in [5.41, 5.74) is -1.82. The van der Waals surface area contributed by atoms with Gasteiger partial charge in [-0.3, -0.25) is 9.59 Å². The third kappa shape index (κ3) is 1.85. The molecule has 2 bridgehead atoms. The van der Waals surface area contributed by atoms with Gasteiger partial charge < -0.3 is 14.6 Å². The lowest BCUT2D eigenvalue weighted by molar-refractivity contribution is -0.131. The van der Waals surface area contributed by atoms with Gasteiger partial charge in [-0.1, -0.05) is 24.3 Å². The summed E-state index contributed by atoms with van der Waals surface area (Å²) in [6, 6.07) is 6.31. The lowest BCUT2D eigenvalue weighted by Gasteiger charge is -2.27. The molecule has 3 heterocycles. The van der Waals surface area contributed by atoms with Crippen molar-refractivity contribution in [2.45, 2.75) is 18.1 Å². The number of hydrogen-bond donors (Lipinski definition) is 1. The second kappa shape index (κ2) is 5.00. The first kappa shape index (κ1) is 16.0. The summed E-state index contributed by atoms with van der Waals surface area (Å²) in [4.78, 5) is 39.2. The van der Waals surface area contributed by atoms with Crippen molar-refractivity contribution in [2.75, 3.05) is 18.6 Å². The van der Waals surface area contributed by atoms with Gasteiger partial charge in [0.2, 0.25) is 11.8 Å². The molecule has 0 radical (unpaired) electrons. The minimum atomic E-state index is -1.19. The van der Waals surface area contributed by atoms with Gasteiger partial charge in [0.15, 0.2) is 0 Å². The van der Waals surface area contributed by atoms with Crippen molar-refractivity contribution < 1.29 is 29.0 Å². The lowest BCUT2D eigenvalue weighted by atomic mass is 9.73. The number of amides is 2. The standard InChI is InChI=1S/C18H17NO6/c1-17-7-8-18(9-20,25-17)13-12(17)14(21)19(15(13)22)11-6-4-3-5-10(11)16(23)24-2/h3-8,12-13,20H,9H2,1-2H3/t12-,13+,17+,18-/m0/s1. The normalized spacial score (nSPS) is 35.4. The molecule has 0 aromatic heterocycles. The molecule has 0 aliphatic carbocycles. The van der Waals surface area contributed by atoms with E-state index >= 15 is 0 Å². The third-order valence-corrected chi connectivity index (χ3v) is 5.35. The van der Waals surface area contributed by atoms with Gasteiger partial charge in [-0.15, -0.1) is 0 Å². The summed E-state index contributed by atoms with van der Waals surface area (Å²) in [6.45, 7) is 1.33. The number of ether oxygens (including phenoxy) is 2. The van der Waals surface area contributed by atoms with Gasteiger partial charge in [-0.25, -0.2) is 9.69 Å². The van der Waals surface area contributed by atoms with E-state index in [0.717, 1.165) is 4.90 Å². The predicted octanol–water partition coefficient (Wildman–Crippen LogP) is 0.669. The van der Waals surface area contributed by atoms with E-state index in [-0.39, 0.29) is 11.3 Å². The van der Waals surface area contributed by atoms with E-state index in [2.05, 4.69) is 0 Å². The van der Waals surface area contributed by atoms with E-state index < -0.39 is 47.4 Å². The van der Waals surface area contributed by atoms with Gasteiger partial charge >= 0.3 is 5.97 Å². The highest BCUT2D eigenvalue weighted by atomic mass is 16.5. The largest absolute Gasteiger partial charge is 0.465 e. The second-order valence-corrected chi connectivity index (χ2v) is 6.71. The van der Waals surface area contributed by atoms with E-state index in [1.54, 1.807) is 31.2 Å². The molecule has 2 fully saturated rings. The maximum atomic E-state index is 13.1. The molecule has 7 heteroatoms. The van der Waals surface area contributed by atoms with Crippen LogP contribution in [0.1, 0.15) is 17.3 Å². The van der Waals surface area contributed by atoms with Gasteiger partial charge in [-0.05, 0) is 19.1 Å². The fourth-order valence-corrected chi connectivity index (χ4v) is 4.23. The highest BCUT2D eigenvalue weighted by Crippen LogP contribution is 2.57. The van der Waals surface area contributed by atoms with Crippen LogP contribution in [-0.4, -0.2) is 47.8 Å². The molecule has 3 aliphatic heterocycles. The van der Waals surface area contributed by atoms with Gasteiger partial charge in [0, 0.05) is 0 Å². The van der Waals surface area contributed by atoms with Crippen LogP contribution in [0.3, 0.4) is 0 Å². The summed E-state index contributed by atoms with van der Waals surface area (Å²) in [5.74, 6) is -3.09. The Hall–Kier alpha value is -2.51. The fourth-order valence-electron chi connectivity index (χ4n) is 4.23. The van der Waals surface area contributed by atoms with Crippen molar-refractivity contribution in [1.29, 1.82) is 0 Å². The number of esters is 1. The molecule has 3 aliphatic rings. The number of methoxy groups -OCH3 is 1. The highest BCUT2D eigenvalue weighted by molar-refractivity contribution is 6.25. The van der Waals surface area contributed by atoms with Crippen LogP contribution < -0.4 is 4.90 Å². The summed E-state index contributed by atoms with van der Waals surface area (Å²) in [7, 11) is 1.24. The van der Waals surface area contributed by atoms with E-state index in [0.29, 0.717) is 0 Å². The van der Waals surface area contributed by atoms with Crippen LogP contribution in [0.2, 0.25) is 0 Å². The van der Waals surface area contributed by atoms with Crippen LogP contribution in [0.4, 0.5) is 5.69 Å². The van der Waals surface area contributed by atoms with E-state index in [1.807, 2.05) is 0 Å². The average molecular weight is 343 g/mol.